The molecule has 0 saturated carbocycles. The minimum Gasteiger partial charge on any atom is -0.457 e. The van der Waals surface area contributed by atoms with Gasteiger partial charge in [0.1, 0.15) is 6.61 Å². The largest absolute Gasteiger partial charge is 0.457 e. The predicted octanol–water partition coefficient (Wildman–Crippen LogP) is 1.09. The van der Waals surface area contributed by atoms with Crippen molar-refractivity contribution in [1.82, 2.24) is 4.90 Å². The zero-order valence-corrected chi connectivity index (χ0v) is 13.6. The third kappa shape index (κ3) is 2.89. The summed E-state index contributed by atoms with van der Waals surface area (Å²) in [5.41, 5.74) is 3.48. The van der Waals surface area contributed by atoms with Gasteiger partial charge < -0.3 is 14.3 Å². The smallest absolute Gasteiger partial charge is 0.338 e. The van der Waals surface area contributed by atoms with Crippen LogP contribution < -0.4 is 0 Å². The first kappa shape index (κ1) is 15.5. The summed E-state index contributed by atoms with van der Waals surface area (Å²) in [5, 5.41) is 10.6. The molecule has 1 atom stereocenters. The first-order valence-corrected chi connectivity index (χ1v) is 7.89. The Balaban J connectivity index is 1.71. The molecule has 1 saturated heterocycles. The van der Waals surface area contributed by atoms with Crippen molar-refractivity contribution in [1.29, 1.82) is 0 Å². The summed E-state index contributed by atoms with van der Waals surface area (Å²) in [6, 6.07) is 3.65. The second kappa shape index (κ2) is 5.65. The quantitative estimate of drug-likeness (QED) is 0.671. The Morgan fingerprint density at radius 2 is 2.00 bits per heavy atom. The molecule has 1 aromatic carbocycles. The first-order valence-electron chi connectivity index (χ1n) is 7.89. The third-order valence-electron chi connectivity index (χ3n) is 5.04. The van der Waals surface area contributed by atoms with Crippen LogP contribution in [0.2, 0.25) is 0 Å². The number of hydrogen-bond donors (Lipinski definition) is 1. The van der Waals surface area contributed by atoms with Gasteiger partial charge in [-0.25, -0.2) is 4.79 Å². The standard InChI is InChI=1S/C17H25N2O3/c1-12-13(4-5-14-15(12)11-22-17(14)21)16(20)10-18-6-8-19(2,3)9-7-18/h4-5,16,20H,6-11H2,1-3H3/q+1. The van der Waals surface area contributed by atoms with Crippen molar-refractivity contribution in [3.8, 4) is 0 Å². The molecule has 120 valence electrons. The molecule has 1 N–H and O–H groups in total. The maximum absolute atomic E-state index is 11.6. The highest BCUT2D eigenvalue weighted by Crippen LogP contribution is 2.29. The number of quaternary nitrogens is 1. The van der Waals surface area contributed by atoms with Crippen molar-refractivity contribution in [3.05, 3.63) is 34.4 Å². The number of rotatable bonds is 3. The molecule has 0 aromatic heterocycles. The second-order valence-electron chi connectivity index (χ2n) is 7.08. The highest BCUT2D eigenvalue weighted by Gasteiger charge is 2.28. The molecule has 5 heteroatoms. The lowest BCUT2D eigenvalue weighted by molar-refractivity contribution is -0.894. The van der Waals surface area contributed by atoms with E-state index >= 15 is 0 Å². The van der Waals surface area contributed by atoms with Gasteiger partial charge in [-0.15, -0.1) is 0 Å². The topological polar surface area (TPSA) is 49.8 Å². The summed E-state index contributed by atoms with van der Waals surface area (Å²) in [7, 11) is 4.49. The fourth-order valence-corrected chi connectivity index (χ4v) is 3.30. The highest BCUT2D eigenvalue weighted by atomic mass is 16.5. The van der Waals surface area contributed by atoms with E-state index in [1.165, 1.54) is 0 Å². The number of ether oxygens (including phenoxy) is 1. The maximum atomic E-state index is 11.6. The molecule has 0 spiro atoms. The van der Waals surface area contributed by atoms with Crippen LogP contribution in [0.25, 0.3) is 0 Å². The minimum atomic E-state index is -0.519. The average molecular weight is 305 g/mol. The molecule has 5 nitrogen and oxygen atoms in total. The number of esters is 1. The Bertz CT molecular complexity index is 588. The van der Waals surface area contributed by atoms with E-state index in [0.717, 1.165) is 47.4 Å². The van der Waals surface area contributed by atoms with Crippen LogP contribution in [0.15, 0.2) is 12.1 Å². The number of nitrogens with zero attached hydrogens (tertiary/aromatic N) is 2. The molecule has 0 radical (unpaired) electrons. The Morgan fingerprint density at radius 3 is 2.68 bits per heavy atom. The molecule has 1 aromatic rings. The van der Waals surface area contributed by atoms with Gasteiger partial charge in [-0.05, 0) is 24.1 Å². The fraction of sp³-hybridized carbons (Fsp3) is 0.588. The number of fused-ring (bicyclic) bond motifs is 1. The molecule has 0 aliphatic carbocycles. The fourth-order valence-electron chi connectivity index (χ4n) is 3.30. The molecular weight excluding hydrogens is 280 g/mol. The van der Waals surface area contributed by atoms with Crippen LogP contribution in [0.3, 0.4) is 0 Å². The van der Waals surface area contributed by atoms with Gasteiger partial charge in [0, 0.05) is 25.2 Å². The van der Waals surface area contributed by atoms with E-state index in [0.29, 0.717) is 18.7 Å². The van der Waals surface area contributed by atoms with E-state index in [1.807, 2.05) is 13.0 Å². The number of hydrogen-bond acceptors (Lipinski definition) is 4. The molecule has 0 amide bonds. The van der Waals surface area contributed by atoms with Crippen molar-refractivity contribution in [2.24, 2.45) is 0 Å². The molecule has 3 rings (SSSR count). The SMILES string of the molecule is Cc1c(C(O)CN2CC[N+](C)(C)CC2)ccc2c1COC2=O. The third-order valence-corrected chi connectivity index (χ3v) is 5.04. The zero-order chi connectivity index (χ0) is 15.9. The first-order chi connectivity index (χ1) is 10.4. The van der Waals surface area contributed by atoms with Crippen LogP contribution in [-0.4, -0.2) is 67.3 Å². The number of aliphatic hydroxyl groups excluding tert-OH is 1. The number of cyclic esters (lactones) is 1. The molecule has 1 fully saturated rings. The summed E-state index contributed by atoms with van der Waals surface area (Å²) in [4.78, 5) is 13.9. The van der Waals surface area contributed by atoms with Gasteiger partial charge in [0.15, 0.2) is 0 Å². The summed E-state index contributed by atoms with van der Waals surface area (Å²) in [6.45, 7) is 7.18. The lowest BCUT2D eigenvalue weighted by Gasteiger charge is -2.39. The Labute approximate surface area is 131 Å². The number of aliphatic hydroxyl groups is 1. The Morgan fingerprint density at radius 1 is 1.32 bits per heavy atom. The zero-order valence-electron chi connectivity index (χ0n) is 13.6. The Kier molecular flexibility index (Phi) is 3.97. The van der Waals surface area contributed by atoms with Crippen LogP contribution in [0.4, 0.5) is 0 Å². The van der Waals surface area contributed by atoms with E-state index in [-0.39, 0.29) is 5.97 Å². The van der Waals surface area contributed by atoms with Gasteiger partial charge in [0.05, 0.1) is 38.9 Å². The lowest BCUT2D eigenvalue weighted by Crippen LogP contribution is -2.55. The molecule has 1 unspecified atom stereocenters. The highest BCUT2D eigenvalue weighted by molar-refractivity contribution is 5.93. The number of β-amino-alcohol motifs (C(OH)–C–C–N with tert-alkyl or cyclic N) is 1. The summed E-state index contributed by atoms with van der Waals surface area (Å²) < 4.78 is 6.12. The molecular formula is C17H25N2O3+. The summed E-state index contributed by atoms with van der Waals surface area (Å²) in [5.74, 6) is -0.254. The summed E-state index contributed by atoms with van der Waals surface area (Å²) in [6.07, 6.45) is -0.519. The van der Waals surface area contributed by atoms with Gasteiger partial charge in [-0.1, -0.05) is 6.07 Å². The predicted molar refractivity (Wildman–Crippen MR) is 83.5 cm³/mol. The van der Waals surface area contributed by atoms with Crippen molar-refractivity contribution in [2.45, 2.75) is 19.6 Å². The van der Waals surface area contributed by atoms with E-state index in [1.54, 1.807) is 6.07 Å². The molecule has 0 bridgehead atoms. The van der Waals surface area contributed by atoms with E-state index in [2.05, 4.69) is 19.0 Å². The van der Waals surface area contributed by atoms with E-state index in [9.17, 15) is 9.90 Å². The number of piperazine rings is 1. The monoisotopic (exact) mass is 305 g/mol. The number of likely N-dealkylation sites (N-methyl/N-ethyl adjacent to an activating group) is 1. The van der Waals surface area contributed by atoms with Gasteiger partial charge in [-0.3, -0.25) is 4.90 Å². The number of carbonyl (C=O) groups is 1. The van der Waals surface area contributed by atoms with Crippen molar-refractivity contribution in [3.63, 3.8) is 0 Å². The Hall–Kier alpha value is -1.43. The molecule has 2 aliphatic heterocycles. The van der Waals surface area contributed by atoms with Gasteiger partial charge in [0.2, 0.25) is 0 Å². The lowest BCUT2D eigenvalue weighted by atomic mass is 9.95. The van der Waals surface area contributed by atoms with Crippen molar-refractivity contribution >= 4 is 5.97 Å². The van der Waals surface area contributed by atoms with E-state index < -0.39 is 6.10 Å². The molecule has 22 heavy (non-hydrogen) atoms. The summed E-state index contributed by atoms with van der Waals surface area (Å²) >= 11 is 0. The number of carbonyl (C=O) groups excluding carboxylic acids is 1. The normalized spacial score (nSPS) is 22.3. The average Bonchev–Trinajstić information content (AvgIpc) is 2.84. The molecule has 2 aliphatic rings. The number of benzene rings is 1. The van der Waals surface area contributed by atoms with Gasteiger partial charge >= 0.3 is 5.97 Å². The van der Waals surface area contributed by atoms with Crippen LogP contribution in [-0.2, 0) is 11.3 Å². The van der Waals surface area contributed by atoms with Crippen LogP contribution >= 0.6 is 0 Å². The van der Waals surface area contributed by atoms with Gasteiger partial charge in [0.25, 0.3) is 0 Å². The minimum absolute atomic E-state index is 0.254. The van der Waals surface area contributed by atoms with E-state index in [4.69, 9.17) is 4.74 Å². The van der Waals surface area contributed by atoms with Crippen molar-refractivity contribution < 1.29 is 19.1 Å². The van der Waals surface area contributed by atoms with Crippen LogP contribution in [0.5, 0.6) is 0 Å². The maximum Gasteiger partial charge on any atom is 0.338 e. The second-order valence-corrected chi connectivity index (χ2v) is 7.08. The molecule has 2 heterocycles. The van der Waals surface area contributed by atoms with Crippen LogP contribution in [0.1, 0.15) is 33.2 Å². The van der Waals surface area contributed by atoms with Crippen LogP contribution in [0, 0.1) is 6.92 Å². The van der Waals surface area contributed by atoms with Gasteiger partial charge in [-0.2, -0.15) is 0 Å². The van der Waals surface area contributed by atoms with Crippen molar-refractivity contribution in [2.75, 3.05) is 46.8 Å².